The number of hydrogen-bond donors (Lipinski definition) is 1. The normalized spacial score (nSPS) is 13.2. The molecule has 1 aromatic carbocycles. The van der Waals surface area contributed by atoms with E-state index in [9.17, 15) is 0 Å². The van der Waals surface area contributed by atoms with Gasteiger partial charge >= 0.3 is 0 Å². The zero-order valence-corrected chi connectivity index (χ0v) is 14.2. The second kappa shape index (κ2) is 5.29. The molecule has 0 bridgehead atoms. The molecule has 1 N–H and O–H groups in total. The van der Waals surface area contributed by atoms with E-state index in [1.165, 1.54) is 33.3 Å². The molecule has 0 aliphatic heterocycles. The van der Waals surface area contributed by atoms with Gasteiger partial charge in [0.2, 0.25) is 0 Å². The summed E-state index contributed by atoms with van der Waals surface area (Å²) in [5.74, 6) is 0. The Labute approximate surface area is 131 Å². The predicted molar refractivity (Wildman–Crippen MR) is 91.2 cm³/mol. The van der Waals surface area contributed by atoms with Crippen molar-refractivity contribution in [3.05, 3.63) is 52.5 Å². The molecule has 4 heteroatoms. The molecule has 0 aliphatic rings. The molecule has 3 rings (SSSR count). The number of nitrogens with one attached hydrogen (secondary N) is 1. The van der Waals surface area contributed by atoms with Crippen molar-refractivity contribution in [1.82, 2.24) is 19.7 Å². The van der Waals surface area contributed by atoms with Crippen molar-refractivity contribution in [2.45, 2.75) is 26.8 Å². The van der Waals surface area contributed by atoms with Crippen molar-refractivity contribution in [2.24, 2.45) is 7.05 Å². The molecule has 1 atom stereocenters. The third-order valence-electron chi connectivity index (χ3n) is 4.61. The van der Waals surface area contributed by atoms with Gasteiger partial charge in [0.05, 0.1) is 11.7 Å². The van der Waals surface area contributed by atoms with Gasteiger partial charge in [-0.05, 0) is 46.0 Å². The molecule has 1 unspecified atom stereocenters. The van der Waals surface area contributed by atoms with Gasteiger partial charge in [0.15, 0.2) is 0 Å². The van der Waals surface area contributed by atoms with E-state index in [1.54, 1.807) is 0 Å². The van der Waals surface area contributed by atoms with E-state index in [0.29, 0.717) is 0 Å². The lowest BCUT2D eigenvalue weighted by atomic mass is 9.95. The highest BCUT2D eigenvalue weighted by Crippen LogP contribution is 2.35. The number of aromatic nitrogens is 3. The minimum Gasteiger partial charge on any atom is -0.361 e. The maximum absolute atomic E-state index is 4.60. The molecule has 2 aromatic heterocycles. The van der Waals surface area contributed by atoms with Gasteiger partial charge in [-0.15, -0.1) is 0 Å². The number of nitrogens with zero attached hydrogens (tertiary/aromatic N) is 3. The van der Waals surface area contributed by atoms with E-state index >= 15 is 0 Å². The van der Waals surface area contributed by atoms with Gasteiger partial charge < -0.3 is 4.98 Å². The van der Waals surface area contributed by atoms with Gasteiger partial charge in [0.1, 0.15) is 0 Å². The standard InChI is InChI=1S/C18H24N4/c1-11-8-7-9-14-15(10-19-17(11)14)18(21(4)5)16-12(2)20-22(6)13(16)3/h7-10,18-19H,1-6H3. The third kappa shape index (κ3) is 2.15. The van der Waals surface area contributed by atoms with Crippen molar-refractivity contribution in [1.29, 1.82) is 0 Å². The fraction of sp³-hybridized carbons (Fsp3) is 0.389. The zero-order chi connectivity index (χ0) is 16.0. The minimum atomic E-state index is 0.198. The smallest absolute Gasteiger partial charge is 0.0654 e. The van der Waals surface area contributed by atoms with Gasteiger partial charge in [0, 0.05) is 35.4 Å². The van der Waals surface area contributed by atoms with E-state index in [4.69, 9.17) is 0 Å². The number of benzene rings is 1. The molecule has 22 heavy (non-hydrogen) atoms. The van der Waals surface area contributed by atoms with Crippen LogP contribution in [-0.2, 0) is 7.05 Å². The molecule has 0 aliphatic carbocycles. The maximum atomic E-state index is 4.60. The summed E-state index contributed by atoms with van der Waals surface area (Å²) in [4.78, 5) is 5.72. The number of rotatable bonds is 3. The second-order valence-electron chi connectivity index (χ2n) is 6.32. The average Bonchev–Trinajstić information content (AvgIpc) is 2.97. The zero-order valence-electron chi connectivity index (χ0n) is 14.2. The highest BCUT2D eigenvalue weighted by molar-refractivity contribution is 5.86. The summed E-state index contributed by atoms with van der Waals surface area (Å²) in [7, 11) is 6.27. The Morgan fingerprint density at radius 3 is 2.50 bits per heavy atom. The first-order valence-electron chi connectivity index (χ1n) is 7.65. The Kier molecular flexibility index (Phi) is 3.57. The first-order chi connectivity index (χ1) is 10.4. The number of aryl methyl sites for hydroxylation is 3. The van der Waals surface area contributed by atoms with Gasteiger partial charge in [-0.2, -0.15) is 5.10 Å². The predicted octanol–water partition coefficient (Wildman–Crippen LogP) is 3.48. The van der Waals surface area contributed by atoms with Gasteiger partial charge in [0.25, 0.3) is 0 Å². The quantitative estimate of drug-likeness (QED) is 0.803. The highest BCUT2D eigenvalue weighted by atomic mass is 15.3. The Balaban J connectivity index is 2.26. The van der Waals surface area contributed by atoms with Crippen LogP contribution in [0.15, 0.2) is 24.4 Å². The number of fused-ring (bicyclic) bond motifs is 1. The lowest BCUT2D eigenvalue weighted by Gasteiger charge is -2.25. The van der Waals surface area contributed by atoms with Crippen LogP contribution in [0.25, 0.3) is 10.9 Å². The van der Waals surface area contributed by atoms with E-state index in [2.05, 4.69) is 74.2 Å². The molecule has 4 nitrogen and oxygen atoms in total. The molecule has 0 saturated heterocycles. The summed E-state index contributed by atoms with van der Waals surface area (Å²) in [5, 5.41) is 5.89. The van der Waals surface area contributed by atoms with Crippen LogP contribution < -0.4 is 0 Å². The highest BCUT2D eigenvalue weighted by Gasteiger charge is 2.26. The summed E-state index contributed by atoms with van der Waals surface area (Å²) >= 11 is 0. The maximum Gasteiger partial charge on any atom is 0.0654 e. The van der Waals surface area contributed by atoms with Crippen LogP contribution in [-0.4, -0.2) is 33.8 Å². The van der Waals surface area contributed by atoms with Crippen molar-refractivity contribution >= 4 is 10.9 Å². The number of aromatic amines is 1. The molecule has 0 amide bonds. The van der Waals surface area contributed by atoms with Gasteiger partial charge in [-0.1, -0.05) is 18.2 Å². The summed E-state index contributed by atoms with van der Waals surface area (Å²) in [6.45, 7) is 6.39. The van der Waals surface area contributed by atoms with Crippen LogP contribution >= 0.6 is 0 Å². The Hall–Kier alpha value is -2.07. The average molecular weight is 296 g/mol. The fourth-order valence-corrected chi connectivity index (χ4v) is 3.43. The SMILES string of the molecule is Cc1nn(C)c(C)c1C(c1c[nH]c2c(C)cccc12)N(C)C. The lowest BCUT2D eigenvalue weighted by Crippen LogP contribution is -2.22. The Bertz CT molecular complexity index is 823. The largest absolute Gasteiger partial charge is 0.361 e. The number of para-hydroxylation sites is 1. The van der Waals surface area contributed by atoms with Crippen molar-refractivity contribution in [3.63, 3.8) is 0 Å². The van der Waals surface area contributed by atoms with Crippen LogP contribution in [0.3, 0.4) is 0 Å². The molecule has 116 valence electrons. The molecule has 0 spiro atoms. The number of hydrogen-bond acceptors (Lipinski definition) is 2. The minimum absolute atomic E-state index is 0.198. The van der Waals surface area contributed by atoms with Crippen LogP contribution in [0, 0.1) is 20.8 Å². The first-order valence-corrected chi connectivity index (χ1v) is 7.65. The second-order valence-corrected chi connectivity index (χ2v) is 6.32. The van der Waals surface area contributed by atoms with Crippen LogP contribution in [0.5, 0.6) is 0 Å². The lowest BCUT2D eigenvalue weighted by molar-refractivity contribution is 0.342. The van der Waals surface area contributed by atoms with Crippen LogP contribution in [0.1, 0.15) is 34.1 Å². The van der Waals surface area contributed by atoms with E-state index < -0.39 is 0 Å². The topological polar surface area (TPSA) is 36.9 Å². The Morgan fingerprint density at radius 2 is 1.91 bits per heavy atom. The van der Waals surface area contributed by atoms with E-state index in [-0.39, 0.29) is 6.04 Å². The van der Waals surface area contributed by atoms with Crippen molar-refractivity contribution in [3.8, 4) is 0 Å². The van der Waals surface area contributed by atoms with Crippen LogP contribution in [0.4, 0.5) is 0 Å². The molecular weight excluding hydrogens is 272 g/mol. The summed E-state index contributed by atoms with van der Waals surface area (Å²) < 4.78 is 1.97. The first kappa shape index (κ1) is 14.9. The molecular formula is C18H24N4. The van der Waals surface area contributed by atoms with Crippen molar-refractivity contribution < 1.29 is 0 Å². The molecule has 2 heterocycles. The molecule has 0 saturated carbocycles. The Morgan fingerprint density at radius 1 is 1.18 bits per heavy atom. The van der Waals surface area contributed by atoms with Crippen LogP contribution in [0.2, 0.25) is 0 Å². The molecule has 0 fully saturated rings. The number of H-pyrrole nitrogens is 1. The summed E-state index contributed by atoms with van der Waals surface area (Å²) in [6.07, 6.45) is 2.15. The van der Waals surface area contributed by atoms with Crippen molar-refractivity contribution in [2.75, 3.05) is 14.1 Å². The molecule has 3 aromatic rings. The van der Waals surface area contributed by atoms with E-state index in [0.717, 1.165) is 5.69 Å². The monoisotopic (exact) mass is 296 g/mol. The third-order valence-corrected chi connectivity index (χ3v) is 4.61. The fourth-order valence-electron chi connectivity index (χ4n) is 3.43. The summed E-state index contributed by atoms with van der Waals surface area (Å²) in [6, 6.07) is 6.67. The molecule has 0 radical (unpaired) electrons. The summed E-state index contributed by atoms with van der Waals surface area (Å²) in [5.41, 5.74) is 7.43. The van der Waals surface area contributed by atoms with Gasteiger partial charge in [-0.25, -0.2) is 0 Å². The van der Waals surface area contributed by atoms with Gasteiger partial charge in [-0.3, -0.25) is 9.58 Å². The van der Waals surface area contributed by atoms with E-state index in [1.807, 2.05) is 11.7 Å².